The average Bonchev–Trinajstić information content (AvgIpc) is 2.29. The Bertz CT molecular complexity index is 155. The molecule has 1 rings (SSSR count). The van der Waals surface area contributed by atoms with Gasteiger partial charge in [-0.2, -0.15) is 0 Å². The molecule has 1 aliphatic rings. The fraction of sp³-hybridized carbons (Fsp3) is 1.00. The summed E-state index contributed by atoms with van der Waals surface area (Å²) in [6.07, 6.45) is 5.27. The van der Waals surface area contributed by atoms with Crippen LogP contribution in [-0.4, -0.2) is 45.0 Å². The fourth-order valence-electron chi connectivity index (χ4n) is 1.90. The van der Waals surface area contributed by atoms with Crippen molar-refractivity contribution in [3.05, 3.63) is 0 Å². The summed E-state index contributed by atoms with van der Waals surface area (Å²) >= 11 is 5.48. The molecule has 1 fully saturated rings. The second-order valence-corrected chi connectivity index (χ2v) is 4.20. The van der Waals surface area contributed by atoms with E-state index >= 15 is 0 Å². The molecular formula is C11H21ClO3. The van der Waals surface area contributed by atoms with Gasteiger partial charge in [0.15, 0.2) is 0 Å². The summed E-state index contributed by atoms with van der Waals surface area (Å²) in [6, 6.07) is 0. The van der Waals surface area contributed by atoms with Crippen LogP contribution >= 0.6 is 11.6 Å². The van der Waals surface area contributed by atoms with Crippen LogP contribution in [0, 0.1) is 0 Å². The van der Waals surface area contributed by atoms with E-state index in [0.717, 1.165) is 12.8 Å². The maximum atomic E-state index is 5.71. The minimum Gasteiger partial charge on any atom is -0.381 e. The molecule has 0 aromatic rings. The Morgan fingerprint density at radius 1 is 1.13 bits per heavy atom. The van der Waals surface area contributed by atoms with E-state index < -0.39 is 0 Å². The SMILES string of the molecule is COC1CCCC(OCCOCCCl)C1. The normalized spacial score (nSPS) is 26.8. The number of alkyl halides is 1. The Hall–Kier alpha value is 0.170. The van der Waals surface area contributed by atoms with Crippen molar-refractivity contribution in [2.45, 2.75) is 37.9 Å². The molecule has 90 valence electrons. The zero-order chi connectivity index (χ0) is 10.9. The first kappa shape index (κ1) is 13.2. The van der Waals surface area contributed by atoms with Gasteiger partial charge in [0, 0.05) is 13.0 Å². The summed E-state index contributed by atoms with van der Waals surface area (Å²) < 4.78 is 16.3. The summed E-state index contributed by atoms with van der Waals surface area (Å²) in [5.41, 5.74) is 0. The van der Waals surface area contributed by atoms with Crippen molar-refractivity contribution in [2.24, 2.45) is 0 Å². The van der Waals surface area contributed by atoms with E-state index in [2.05, 4.69) is 0 Å². The summed E-state index contributed by atoms with van der Waals surface area (Å²) in [5, 5.41) is 0. The second kappa shape index (κ2) is 8.34. The van der Waals surface area contributed by atoms with Gasteiger partial charge in [-0.15, -0.1) is 11.6 Å². The molecule has 0 saturated heterocycles. The number of halogens is 1. The third kappa shape index (κ3) is 5.71. The van der Waals surface area contributed by atoms with Gasteiger partial charge < -0.3 is 14.2 Å². The standard InChI is InChI=1S/C11H21ClO3/c1-13-10-3-2-4-11(9-10)15-8-7-14-6-5-12/h10-11H,2-9H2,1H3. The molecule has 0 aliphatic heterocycles. The van der Waals surface area contributed by atoms with Crippen LogP contribution in [-0.2, 0) is 14.2 Å². The first-order valence-electron chi connectivity index (χ1n) is 5.65. The summed E-state index contributed by atoms with van der Waals surface area (Å²) in [7, 11) is 1.77. The number of hydrogen-bond donors (Lipinski definition) is 0. The van der Waals surface area contributed by atoms with Gasteiger partial charge >= 0.3 is 0 Å². The lowest BCUT2D eigenvalue weighted by Crippen LogP contribution is -2.28. The Morgan fingerprint density at radius 2 is 1.93 bits per heavy atom. The molecule has 0 spiro atoms. The van der Waals surface area contributed by atoms with E-state index in [9.17, 15) is 0 Å². The van der Waals surface area contributed by atoms with E-state index in [1.807, 2.05) is 0 Å². The van der Waals surface area contributed by atoms with Crippen molar-refractivity contribution in [2.75, 3.05) is 32.8 Å². The van der Waals surface area contributed by atoms with Crippen molar-refractivity contribution in [1.29, 1.82) is 0 Å². The van der Waals surface area contributed by atoms with Crippen LogP contribution in [0.5, 0.6) is 0 Å². The zero-order valence-corrected chi connectivity index (χ0v) is 10.2. The molecule has 1 aliphatic carbocycles. The molecule has 2 unspecified atom stereocenters. The van der Waals surface area contributed by atoms with Crippen LogP contribution in [0.4, 0.5) is 0 Å². The smallest absolute Gasteiger partial charge is 0.0704 e. The maximum absolute atomic E-state index is 5.71. The first-order chi connectivity index (χ1) is 7.36. The summed E-state index contributed by atoms with van der Waals surface area (Å²) in [4.78, 5) is 0. The largest absolute Gasteiger partial charge is 0.381 e. The first-order valence-corrected chi connectivity index (χ1v) is 6.18. The van der Waals surface area contributed by atoms with Gasteiger partial charge in [0.05, 0.1) is 32.0 Å². The predicted octanol–water partition coefficient (Wildman–Crippen LogP) is 2.22. The van der Waals surface area contributed by atoms with Crippen molar-refractivity contribution >= 4 is 11.6 Å². The molecular weight excluding hydrogens is 216 g/mol. The highest BCUT2D eigenvalue weighted by molar-refractivity contribution is 6.17. The highest BCUT2D eigenvalue weighted by atomic mass is 35.5. The van der Waals surface area contributed by atoms with Crippen molar-refractivity contribution in [3.63, 3.8) is 0 Å². The monoisotopic (exact) mass is 236 g/mol. The van der Waals surface area contributed by atoms with Gasteiger partial charge in [-0.3, -0.25) is 0 Å². The molecule has 0 N–H and O–H groups in total. The number of methoxy groups -OCH3 is 1. The van der Waals surface area contributed by atoms with Crippen LogP contribution in [0.25, 0.3) is 0 Å². The van der Waals surface area contributed by atoms with Crippen LogP contribution in [0.15, 0.2) is 0 Å². The highest BCUT2D eigenvalue weighted by Gasteiger charge is 2.21. The second-order valence-electron chi connectivity index (χ2n) is 3.82. The molecule has 0 heterocycles. The lowest BCUT2D eigenvalue weighted by atomic mass is 9.95. The van der Waals surface area contributed by atoms with E-state index in [0.29, 0.717) is 37.9 Å². The minimum atomic E-state index is 0.350. The van der Waals surface area contributed by atoms with E-state index in [1.165, 1.54) is 12.8 Å². The van der Waals surface area contributed by atoms with Gasteiger partial charge in [-0.25, -0.2) is 0 Å². The molecule has 0 aromatic carbocycles. The number of rotatable bonds is 7. The Labute approximate surface area is 97.0 Å². The maximum Gasteiger partial charge on any atom is 0.0704 e. The number of ether oxygens (including phenoxy) is 3. The molecule has 0 amide bonds. The molecule has 0 aromatic heterocycles. The van der Waals surface area contributed by atoms with Crippen LogP contribution in [0.3, 0.4) is 0 Å². The Balaban J connectivity index is 2.00. The zero-order valence-electron chi connectivity index (χ0n) is 9.41. The molecule has 2 atom stereocenters. The quantitative estimate of drug-likeness (QED) is 0.501. The van der Waals surface area contributed by atoms with Gasteiger partial charge in [-0.1, -0.05) is 0 Å². The molecule has 3 nitrogen and oxygen atoms in total. The molecule has 4 heteroatoms. The average molecular weight is 237 g/mol. The lowest BCUT2D eigenvalue weighted by Gasteiger charge is -2.28. The summed E-state index contributed by atoms with van der Waals surface area (Å²) in [6.45, 7) is 1.91. The van der Waals surface area contributed by atoms with Gasteiger partial charge in [-0.05, 0) is 25.7 Å². The molecule has 1 saturated carbocycles. The molecule has 0 bridgehead atoms. The predicted molar refractivity (Wildman–Crippen MR) is 60.5 cm³/mol. The summed E-state index contributed by atoms with van der Waals surface area (Å²) in [5.74, 6) is 0.551. The third-order valence-corrected chi connectivity index (χ3v) is 2.87. The highest BCUT2D eigenvalue weighted by Crippen LogP contribution is 2.22. The van der Waals surface area contributed by atoms with Crippen molar-refractivity contribution in [1.82, 2.24) is 0 Å². The van der Waals surface area contributed by atoms with E-state index in [1.54, 1.807) is 7.11 Å². The number of hydrogen-bond acceptors (Lipinski definition) is 3. The van der Waals surface area contributed by atoms with Crippen molar-refractivity contribution < 1.29 is 14.2 Å². The molecule has 15 heavy (non-hydrogen) atoms. The van der Waals surface area contributed by atoms with Gasteiger partial charge in [0.1, 0.15) is 0 Å². The van der Waals surface area contributed by atoms with Crippen LogP contribution in [0.1, 0.15) is 25.7 Å². The van der Waals surface area contributed by atoms with Crippen molar-refractivity contribution in [3.8, 4) is 0 Å². The lowest BCUT2D eigenvalue weighted by molar-refractivity contribution is -0.0455. The molecule has 0 radical (unpaired) electrons. The van der Waals surface area contributed by atoms with E-state index in [-0.39, 0.29) is 0 Å². The third-order valence-electron chi connectivity index (χ3n) is 2.71. The van der Waals surface area contributed by atoms with E-state index in [4.69, 9.17) is 25.8 Å². The van der Waals surface area contributed by atoms with Gasteiger partial charge in [0.25, 0.3) is 0 Å². The van der Waals surface area contributed by atoms with Gasteiger partial charge in [0.2, 0.25) is 0 Å². The topological polar surface area (TPSA) is 27.7 Å². The van der Waals surface area contributed by atoms with Crippen LogP contribution < -0.4 is 0 Å². The Morgan fingerprint density at radius 3 is 2.67 bits per heavy atom. The Kier molecular flexibility index (Phi) is 7.36. The fourth-order valence-corrected chi connectivity index (χ4v) is 2.01. The van der Waals surface area contributed by atoms with Crippen LogP contribution in [0.2, 0.25) is 0 Å². The minimum absolute atomic E-state index is 0.350.